The average molecular weight is 328 g/mol. The number of hydrogen-bond acceptors (Lipinski definition) is 3. The molecule has 21 heavy (non-hydrogen) atoms. The molecule has 0 aromatic heterocycles. The van der Waals surface area contributed by atoms with Gasteiger partial charge in [-0.05, 0) is 25.0 Å². The lowest BCUT2D eigenvalue weighted by Crippen LogP contribution is -2.42. The molecule has 0 radical (unpaired) electrons. The summed E-state index contributed by atoms with van der Waals surface area (Å²) in [6.07, 6.45) is 1.83. The first-order valence-corrected chi connectivity index (χ1v) is 8.32. The first-order chi connectivity index (χ1) is 10.1. The number of carbonyl (C=O) groups is 2. The van der Waals surface area contributed by atoms with E-state index in [4.69, 9.17) is 16.7 Å². The molecule has 6 heteroatoms. The van der Waals surface area contributed by atoms with Crippen molar-refractivity contribution in [1.29, 1.82) is 0 Å². The van der Waals surface area contributed by atoms with E-state index in [2.05, 4.69) is 0 Å². The minimum Gasteiger partial charge on any atom is -0.481 e. The van der Waals surface area contributed by atoms with Gasteiger partial charge >= 0.3 is 5.97 Å². The number of piperidine rings is 1. The Kier molecular flexibility index (Phi) is 5.94. The predicted octanol–water partition coefficient (Wildman–Crippen LogP) is 3.15. The zero-order chi connectivity index (χ0) is 15.2. The number of halogens is 1. The van der Waals surface area contributed by atoms with Crippen LogP contribution in [0.2, 0.25) is 5.02 Å². The first kappa shape index (κ1) is 16.2. The highest BCUT2D eigenvalue weighted by atomic mass is 35.5. The molecular weight excluding hydrogens is 310 g/mol. The Bertz CT molecular complexity index is 523. The number of likely N-dealkylation sites (tertiary alicyclic amines) is 1. The molecule has 1 atom stereocenters. The zero-order valence-corrected chi connectivity index (χ0v) is 13.2. The SMILES string of the molecule is O=C(O)[C@H]1CCCN(C(=O)CCSc2ccccc2Cl)C1. The van der Waals surface area contributed by atoms with Gasteiger partial charge in [-0.2, -0.15) is 0 Å². The van der Waals surface area contributed by atoms with Gasteiger partial charge in [0, 0.05) is 30.2 Å². The number of aliphatic carboxylic acids is 1. The quantitative estimate of drug-likeness (QED) is 0.844. The molecule has 114 valence electrons. The van der Waals surface area contributed by atoms with Crippen molar-refractivity contribution in [3.8, 4) is 0 Å². The van der Waals surface area contributed by atoms with E-state index < -0.39 is 11.9 Å². The maximum atomic E-state index is 12.1. The van der Waals surface area contributed by atoms with Gasteiger partial charge in [0.1, 0.15) is 0 Å². The summed E-state index contributed by atoms with van der Waals surface area (Å²) in [5.74, 6) is -0.547. The summed E-state index contributed by atoms with van der Waals surface area (Å²) in [5.41, 5.74) is 0. The first-order valence-electron chi connectivity index (χ1n) is 6.96. The number of carbonyl (C=O) groups excluding carboxylic acids is 1. The number of rotatable bonds is 5. The van der Waals surface area contributed by atoms with Crippen LogP contribution in [0.1, 0.15) is 19.3 Å². The van der Waals surface area contributed by atoms with Crippen LogP contribution < -0.4 is 0 Å². The highest BCUT2D eigenvalue weighted by molar-refractivity contribution is 7.99. The van der Waals surface area contributed by atoms with Gasteiger partial charge in [-0.15, -0.1) is 11.8 Å². The number of nitrogens with zero attached hydrogens (tertiary/aromatic N) is 1. The second kappa shape index (κ2) is 7.71. The Balaban J connectivity index is 1.79. The number of amides is 1. The maximum absolute atomic E-state index is 12.1. The second-order valence-corrected chi connectivity index (χ2v) is 6.59. The van der Waals surface area contributed by atoms with E-state index in [0.29, 0.717) is 36.7 Å². The van der Waals surface area contributed by atoms with E-state index in [0.717, 1.165) is 11.3 Å². The summed E-state index contributed by atoms with van der Waals surface area (Å²) in [5, 5.41) is 9.73. The lowest BCUT2D eigenvalue weighted by Gasteiger charge is -2.30. The molecule has 0 aliphatic carbocycles. The van der Waals surface area contributed by atoms with Crippen molar-refractivity contribution in [1.82, 2.24) is 4.90 Å². The lowest BCUT2D eigenvalue weighted by atomic mass is 9.98. The molecule has 1 aromatic rings. The molecular formula is C15H18ClNO3S. The third-order valence-corrected chi connectivity index (χ3v) is 5.05. The summed E-state index contributed by atoms with van der Waals surface area (Å²) >= 11 is 7.61. The largest absolute Gasteiger partial charge is 0.481 e. The molecule has 1 aromatic carbocycles. The summed E-state index contributed by atoms with van der Waals surface area (Å²) < 4.78 is 0. The van der Waals surface area contributed by atoms with Crippen molar-refractivity contribution in [2.24, 2.45) is 5.92 Å². The minimum absolute atomic E-state index is 0.0282. The van der Waals surface area contributed by atoms with E-state index in [1.165, 1.54) is 0 Å². The van der Waals surface area contributed by atoms with Crippen LogP contribution in [0.15, 0.2) is 29.2 Å². The topological polar surface area (TPSA) is 57.6 Å². The van der Waals surface area contributed by atoms with Crippen LogP contribution in [0.4, 0.5) is 0 Å². The summed E-state index contributed by atoms with van der Waals surface area (Å²) in [4.78, 5) is 25.8. The molecule has 1 aliphatic rings. The van der Waals surface area contributed by atoms with Gasteiger partial charge in [0.15, 0.2) is 0 Å². The van der Waals surface area contributed by atoms with Crippen LogP contribution in [0.25, 0.3) is 0 Å². The summed E-state index contributed by atoms with van der Waals surface area (Å²) in [6.45, 7) is 1.00. The zero-order valence-electron chi connectivity index (χ0n) is 11.6. The summed E-state index contributed by atoms with van der Waals surface area (Å²) in [6, 6.07) is 7.54. The van der Waals surface area contributed by atoms with Crippen LogP contribution in [-0.2, 0) is 9.59 Å². The number of thioether (sulfide) groups is 1. The average Bonchev–Trinajstić information content (AvgIpc) is 2.49. The van der Waals surface area contributed by atoms with Gasteiger partial charge in [0.05, 0.1) is 10.9 Å². The fourth-order valence-electron chi connectivity index (χ4n) is 2.37. The maximum Gasteiger partial charge on any atom is 0.308 e. The smallest absolute Gasteiger partial charge is 0.308 e. The molecule has 0 spiro atoms. The molecule has 1 aliphatic heterocycles. The monoisotopic (exact) mass is 327 g/mol. The minimum atomic E-state index is -0.807. The Morgan fingerprint density at radius 3 is 2.86 bits per heavy atom. The van der Waals surface area contributed by atoms with Gasteiger partial charge in [-0.25, -0.2) is 0 Å². The van der Waals surface area contributed by atoms with Gasteiger partial charge in [-0.3, -0.25) is 9.59 Å². The van der Waals surface area contributed by atoms with Crippen molar-refractivity contribution < 1.29 is 14.7 Å². The standard InChI is InChI=1S/C15H18ClNO3S/c16-12-5-1-2-6-13(12)21-9-7-14(18)17-8-3-4-11(10-17)15(19)20/h1-2,5-6,11H,3-4,7-10H2,(H,19,20)/t11-/m0/s1. The van der Waals surface area contributed by atoms with Gasteiger partial charge in [0.2, 0.25) is 5.91 Å². The van der Waals surface area contributed by atoms with Crippen LogP contribution >= 0.6 is 23.4 Å². The van der Waals surface area contributed by atoms with E-state index >= 15 is 0 Å². The fourth-order valence-corrected chi connectivity index (χ4v) is 3.55. The molecule has 2 rings (SSSR count). The second-order valence-electron chi connectivity index (χ2n) is 5.05. The third kappa shape index (κ3) is 4.64. The van der Waals surface area contributed by atoms with Crippen LogP contribution in [0, 0.1) is 5.92 Å². The van der Waals surface area contributed by atoms with Crippen molar-refractivity contribution in [3.63, 3.8) is 0 Å². The fraction of sp³-hybridized carbons (Fsp3) is 0.467. The van der Waals surface area contributed by atoms with E-state index in [9.17, 15) is 9.59 Å². The Morgan fingerprint density at radius 2 is 2.14 bits per heavy atom. The van der Waals surface area contributed by atoms with Crippen molar-refractivity contribution in [2.45, 2.75) is 24.2 Å². The van der Waals surface area contributed by atoms with Crippen LogP contribution in [0.5, 0.6) is 0 Å². The third-order valence-electron chi connectivity index (χ3n) is 3.53. The van der Waals surface area contributed by atoms with E-state index in [1.807, 2.05) is 24.3 Å². The number of hydrogen-bond donors (Lipinski definition) is 1. The molecule has 0 unspecified atom stereocenters. The van der Waals surface area contributed by atoms with Crippen LogP contribution in [0.3, 0.4) is 0 Å². The van der Waals surface area contributed by atoms with Gasteiger partial charge in [-0.1, -0.05) is 23.7 Å². The number of benzene rings is 1. The van der Waals surface area contributed by atoms with E-state index in [1.54, 1.807) is 16.7 Å². The molecule has 0 saturated carbocycles. The summed E-state index contributed by atoms with van der Waals surface area (Å²) in [7, 11) is 0. The van der Waals surface area contributed by atoms with Crippen molar-refractivity contribution >= 4 is 35.2 Å². The van der Waals surface area contributed by atoms with Crippen molar-refractivity contribution in [3.05, 3.63) is 29.3 Å². The Labute approximate surface area is 133 Å². The highest BCUT2D eigenvalue weighted by Crippen LogP contribution is 2.27. The van der Waals surface area contributed by atoms with Crippen molar-refractivity contribution in [2.75, 3.05) is 18.8 Å². The Morgan fingerprint density at radius 1 is 1.38 bits per heavy atom. The molecule has 1 fully saturated rings. The van der Waals surface area contributed by atoms with E-state index in [-0.39, 0.29) is 5.91 Å². The normalized spacial score (nSPS) is 18.5. The lowest BCUT2D eigenvalue weighted by molar-refractivity contribution is -0.145. The van der Waals surface area contributed by atoms with Crippen LogP contribution in [-0.4, -0.2) is 40.7 Å². The number of carboxylic acids is 1. The molecule has 1 saturated heterocycles. The molecule has 1 amide bonds. The Hall–Kier alpha value is -1.20. The molecule has 0 bridgehead atoms. The number of carboxylic acid groups (broad SMARTS) is 1. The van der Waals surface area contributed by atoms with Gasteiger partial charge in [0.25, 0.3) is 0 Å². The molecule has 4 nitrogen and oxygen atoms in total. The molecule has 1 N–H and O–H groups in total. The highest BCUT2D eigenvalue weighted by Gasteiger charge is 2.27. The van der Waals surface area contributed by atoms with Gasteiger partial charge < -0.3 is 10.0 Å². The predicted molar refractivity (Wildman–Crippen MR) is 83.7 cm³/mol. The molecule has 1 heterocycles.